The third-order valence-corrected chi connectivity index (χ3v) is 0.937. The van der Waals surface area contributed by atoms with E-state index < -0.39 is 6.03 Å². The number of imide groups is 1. The van der Waals surface area contributed by atoms with E-state index in [1.54, 1.807) is 0 Å². The number of urea groups is 1. The maximum atomic E-state index is 10.4. The summed E-state index contributed by atoms with van der Waals surface area (Å²) in [6.07, 6.45) is 0. The molecule has 0 aromatic carbocycles. The molecule has 4 heteroatoms. The highest BCUT2D eigenvalue weighted by molar-refractivity contribution is 6.02. The van der Waals surface area contributed by atoms with Crippen LogP contribution in [0.25, 0.3) is 0 Å². The molecule has 4 nitrogen and oxygen atoms in total. The van der Waals surface area contributed by atoms with Crippen molar-refractivity contribution in [3.63, 3.8) is 0 Å². The number of nitrogens with one attached hydrogen (secondary N) is 1. The zero-order chi connectivity index (χ0) is 6.15. The predicted octanol–water partition coefficient (Wildman–Crippen LogP) is -0.670. The van der Waals surface area contributed by atoms with Crippen LogP contribution in [-0.4, -0.2) is 23.4 Å². The Bertz CT molecular complexity index is 127. The topological polar surface area (TPSA) is 49.4 Å². The number of carbonyl (C=O) groups is 2. The van der Waals surface area contributed by atoms with Gasteiger partial charge in [-0.1, -0.05) is 0 Å². The van der Waals surface area contributed by atoms with Crippen LogP contribution >= 0.6 is 0 Å². The second-order valence-corrected chi connectivity index (χ2v) is 1.48. The normalized spacial score (nSPS) is 19.4. The van der Waals surface area contributed by atoms with Crippen LogP contribution in [0.2, 0.25) is 0 Å². The number of hydrogen-bond donors (Lipinski definition) is 1. The fourth-order valence-corrected chi connectivity index (χ4v) is 0.455. The van der Waals surface area contributed by atoms with Gasteiger partial charge in [-0.05, 0) is 0 Å². The average molecular weight is 113 g/mol. The van der Waals surface area contributed by atoms with Crippen molar-refractivity contribution in [3.8, 4) is 0 Å². The molecule has 0 aliphatic carbocycles. The molecule has 43 valence electrons. The number of rotatable bonds is 0. The third-order valence-electron chi connectivity index (χ3n) is 0.937. The van der Waals surface area contributed by atoms with E-state index in [2.05, 4.69) is 12.4 Å². The smallest absolute Gasteiger partial charge is 0.324 e. The third kappa shape index (κ3) is 0.538. The van der Waals surface area contributed by atoms with Gasteiger partial charge in [-0.15, -0.1) is 0 Å². The molecule has 1 rings (SSSR count). The highest BCUT2D eigenvalue weighted by atomic mass is 16.2. The maximum Gasteiger partial charge on any atom is 0.324 e. The molecule has 1 saturated heterocycles. The van der Waals surface area contributed by atoms with Crippen LogP contribution in [0.4, 0.5) is 4.79 Å². The second kappa shape index (κ2) is 1.47. The summed E-state index contributed by atoms with van der Waals surface area (Å²) in [4.78, 5) is 21.5. The van der Waals surface area contributed by atoms with E-state index in [1.807, 2.05) is 0 Å². The van der Waals surface area contributed by atoms with Gasteiger partial charge in [-0.3, -0.25) is 9.69 Å². The van der Waals surface area contributed by atoms with Crippen LogP contribution in [0.15, 0.2) is 0 Å². The van der Waals surface area contributed by atoms with Crippen LogP contribution in [0.5, 0.6) is 0 Å². The minimum atomic E-state index is -0.421. The molecule has 0 saturated carbocycles. The largest absolute Gasteiger partial charge is 0.329 e. The Balaban J connectivity index is 2.70. The monoisotopic (exact) mass is 113 g/mol. The van der Waals surface area contributed by atoms with E-state index in [4.69, 9.17) is 0 Å². The van der Waals surface area contributed by atoms with Crippen molar-refractivity contribution in [2.45, 2.75) is 0 Å². The van der Waals surface area contributed by atoms with Gasteiger partial charge in [0.25, 0.3) is 0 Å². The van der Waals surface area contributed by atoms with Gasteiger partial charge in [0, 0.05) is 7.05 Å². The molecule has 0 spiro atoms. The lowest BCUT2D eigenvalue weighted by atomic mass is 10.6. The first-order valence-electron chi connectivity index (χ1n) is 2.13. The van der Waals surface area contributed by atoms with Gasteiger partial charge in [0.1, 0.15) is 0 Å². The van der Waals surface area contributed by atoms with Crippen molar-refractivity contribution >= 4 is 11.9 Å². The summed E-state index contributed by atoms with van der Waals surface area (Å²) >= 11 is 0. The van der Waals surface area contributed by atoms with Crippen molar-refractivity contribution in [1.29, 1.82) is 0 Å². The molecule has 1 aliphatic heterocycles. The van der Waals surface area contributed by atoms with Gasteiger partial charge >= 0.3 is 6.03 Å². The number of nitrogens with zero attached hydrogens (tertiary/aromatic N) is 1. The lowest BCUT2D eigenvalue weighted by Crippen LogP contribution is -2.23. The Labute approximate surface area is 46.5 Å². The van der Waals surface area contributed by atoms with Crippen molar-refractivity contribution in [2.75, 3.05) is 6.54 Å². The Morgan fingerprint density at radius 1 is 1.62 bits per heavy atom. The molecule has 0 unspecified atom stereocenters. The second-order valence-electron chi connectivity index (χ2n) is 1.48. The maximum absolute atomic E-state index is 10.4. The first kappa shape index (κ1) is 5.08. The molecule has 8 heavy (non-hydrogen) atoms. The molecule has 0 atom stereocenters. The molecule has 1 radical (unpaired) electrons. The van der Waals surface area contributed by atoms with E-state index >= 15 is 0 Å². The van der Waals surface area contributed by atoms with Gasteiger partial charge in [0.15, 0.2) is 0 Å². The molecule has 3 amide bonds. The Hall–Kier alpha value is -1.06. The number of hydrogen-bond acceptors (Lipinski definition) is 2. The van der Waals surface area contributed by atoms with E-state index in [0.29, 0.717) is 0 Å². The quantitative estimate of drug-likeness (QED) is 0.423. The predicted molar refractivity (Wildman–Crippen MR) is 25.6 cm³/mol. The highest BCUT2D eigenvalue weighted by Crippen LogP contribution is 1.93. The van der Waals surface area contributed by atoms with E-state index in [1.165, 1.54) is 0 Å². The first-order valence-corrected chi connectivity index (χ1v) is 2.13. The summed E-state index contributed by atoms with van der Waals surface area (Å²) in [6, 6.07) is -0.421. The summed E-state index contributed by atoms with van der Waals surface area (Å²) in [5.41, 5.74) is 0. The van der Waals surface area contributed by atoms with Gasteiger partial charge in [-0.25, -0.2) is 4.79 Å². The molecule has 0 bridgehead atoms. The van der Waals surface area contributed by atoms with Crippen molar-refractivity contribution in [3.05, 3.63) is 7.05 Å². The highest BCUT2D eigenvalue weighted by Gasteiger charge is 2.23. The van der Waals surface area contributed by atoms with Crippen LogP contribution in [0, 0.1) is 7.05 Å². The zero-order valence-corrected chi connectivity index (χ0v) is 4.18. The minimum Gasteiger partial charge on any atom is -0.329 e. The van der Waals surface area contributed by atoms with Crippen LogP contribution in [-0.2, 0) is 4.79 Å². The SMILES string of the molecule is [CH2]N1C(=O)CNC1=O. The summed E-state index contributed by atoms with van der Waals surface area (Å²) in [5.74, 6) is -0.282. The minimum absolute atomic E-state index is 0.0856. The zero-order valence-electron chi connectivity index (χ0n) is 4.18. The Kier molecular flexibility index (Phi) is 0.932. The van der Waals surface area contributed by atoms with Crippen molar-refractivity contribution in [2.24, 2.45) is 0 Å². The molecule has 1 fully saturated rings. The lowest BCUT2D eigenvalue weighted by Gasteiger charge is -1.98. The molecular weight excluding hydrogens is 108 g/mol. The Morgan fingerprint density at radius 3 is 2.38 bits per heavy atom. The van der Waals surface area contributed by atoms with Gasteiger partial charge in [0.05, 0.1) is 6.54 Å². The van der Waals surface area contributed by atoms with Crippen molar-refractivity contribution in [1.82, 2.24) is 10.2 Å². The van der Waals surface area contributed by atoms with E-state index in [0.717, 1.165) is 4.90 Å². The van der Waals surface area contributed by atoms with E-state index in [-0.39, 0.29) is 12.5 Å². The molecule has 1 N–H and O–H groups in total. The molecule has 1 aliphatic rings. The van der Waals surface area contributed by atoms with Gasteiger partial charge in [-0.2, -0.15) is 0 Å². The van der Waals surface area contributed by atoms with Crippen LogP contribution in [0.1, 0.15) is 0 Å². The fourth-order valence-electron chi connectivity index (χ4n) is 0.455. The first-order chi connectivity index (χ1) is 3.72. The van der Waals surface area contributed by atoms with E-state index in [9.17, 15) is 9.59 Å². The Morgan fingerprint density at radius 2 is 2.25 bits per heavy atom. The summed E-state index contributed by atoms with van der Waals surface area (Å²) in [5, 5.41) is 2.29. The summed E-state index contributed by atoms with van der Waals surface area (Å²) < 4.78 is 0. The molecule has 0 aromatic heterocycles. The van der Waals surface area contributed by atoms with Crippen LogP contribution in [0.3, 0.4) is 0 Å². The average Bonchev–Trinajstić information content (AvgIpc) is 1.98. The summed E-state index contributed by atoms with van der Waals surface area (Å²) in [7, 11) is 3.17. The van der Waals surface area contributed by atoms with Gasteiger partial charge in [0.2, 0.25) is 5.91 Å². The van der Waals surface area contributed by atoms with Crippen LogP contribution < -0.4 is 5.32 Å². The lowest BCUT2D eigenvalue weighted by molar-refractivity contribution is -0.123. The fraction of sp³-hybridized carbons (Fsp3) is 0.250. The summed E-state index contributed by atoms with van der Waals surface area (Å²) in [6.45, 7) is 0.0856. The number of carbonyl (C=O) groups excluding carboxylic acids is 2. The number of amides is 3. The molecule has 1 heterocycles. The molecular formula is C4H5N2O2. The standard InChI is InChI=1S/C4H5N2O2/c1-6-3(7)2-5-4(6)8/h1-2H2,(H,5,8). The molecule has 0 aromatic rings. The van der Waals surface area contributed by atoms with Gasteiger partial charge < -0.3 is 5.32 Å². The van der Waals surface area contributed by atoms with Crippen molar-refractivity contribution < 1.29 is 9.59 Å².